The lowest BCUT2D eigenvalue weighted by Gasteiger charge is -2.24. The second-order valence-corrected chi connectivity index (χ2v) is 13.3. The molecule has 0 atom stereocenters. The van der Waals surface area contributed by atoms with Crippen molar-refractivity contribution in [2.75, 3.05) is 34.9 Å². The maximum atomic E-state index is 13.4. The summed E-state index contributed by atoms with van der Waals surface area (Å²) in [5.74, 6) is 5.82. The van der Waals surface area contributed by atoms with Crippen LogP contribution in [0.3, 0.4) is 0 Å². The second kappa shape index (κ2) is 10.3. The number of halogens is 3. The number of hydrogen-bond acceptors (Lipinski definition) is 6. The highest BCUT2D eigenvalue weighted by molar-refractivity contribution is 7.91. The molecule has 1 aliphatic heterocycles. The van der Waals surface area contributed by atoms with E-state index < -0.39 is 32.4 Å². The van der Waals surface area contributed by atoms with Crippen molar-refractivity contribution in [3.8, 4) is 11.8 Å². The fraction of sp³-hybridized carbons (Fsp3) is 0.360. The smallest absolute Gasteiger partial charge is 0.382 e. The summed E-state index contributed by atoms with van der Waals surface area (Å²) in [6, 6.07) is 12.7. The van der Waals surface area contributed by atoms with Crippen LogP contribution in [0.25, 0.3) is 10.9 Å². The van der Waals surface area contributed by atoms with Crippen LogP contribution in [0.4, 0.5) is 24.5 Å². The van der Waals surface area contributed by atoms with Gasteiger partial charge in [0.1, 0.15) is 16.4 Å². The number of benzene rings is 2. The van der Waals surface area contributed by atoms with Crippen LogP contribution >= 0.6 is 0 Å². The molecule has 0 amide bonds. The minimum Gasteiger partial charge on any atom is -0.382 e. The molecule has 2 N–H and O–H groups in total. The van der Waals surface area contributed by atoms with Gasteiger partial charge in [-0.1, -0.05) is 12.0 Å². The fourth-order valence-corrected chi connectivity index (χ4v) is 6.34. The van der Waals surface area contributed by atoms with Gasteiger partial charge in [0.05, 0.1) is 34.2 Å². The van der Waals surface area contributed by atoms with Crippen molar-refractivity contribution < 1.29 is 30.0 Å². The van der Waals surface area contributed by atoms with Gasteiger partial charge in [0, 0.05) is 29.1 Å². The second-order valence-electron chi connectivity index (χ2n) is 8.99. The first-order valence-corrected chi connectivity index (χ1v) is 15.2. The first-order valence-electron chi connectivity index (χ1n) is 11.5. The molecule has 0 spiro atoms. The van der Waals surface area contributed by atoms with Crippen LogP contribution in [0.2, 0.25) is 0 Å². The van der Waals surface area contributed by atoms with Gasteiger partial charge in [-0.25, -0.2) is 16.8 Å². The number of aromatic nitrogens is 1. The van der Waals surface area contributed by atoms with Gasteiger partial charge in [0.2, 0.25) is 0 Å². The molecule has 0 saturated carbocycles. The fourth-order valence-electron chi connectivity index (χ4n) is 4.22. The first-order chi connectivity index (χ1) is 17.3. The number of alkyl halides is 3. The van der Waals surface area contributed by atoms with Gasteiger partial charge in [-0.05, 0) is 61.2 Å². The number of fused-ring (bicyclic) bond motifs is 1. The average Bonchev–Trinajstić information content (AvgIpc) is 3.14. The quantitative estimate of drug-likeness (QED) is 0.447. The summed E-state index contributed by atoms with van der Waals surface area (Å²) in [5, 5.41) is 6.89. The molecule has 2 heterocycles. The maximum absolute atomic E-state index is 13.4. The molecule has 198 valence electrons. The van der Waals surface area contributed by atoms with E-state index >= 15 is 0 Å². The van der Waals surface area contributed by atoms with Gasteiger partial charge >= 0.3 is 6.18 Å². The molecule has 1 fully saturated rings. The zero-order valence-electron chi connectivity index (χ0n) is 20.0. The van der Waals surface area contributed by atoms with Crippen LogP contribution in [-0.4, -0.2) is 57.9 Å². The Kier molecular flexibility index (Phi) is 7.48. The predicted octanol–water partition coefficient (Wildman–Crippen LogP) is 4.06. The highest BCUT2D eigenvalue weighted by atomic mass is 32.2. The summed E-state index contributed by atoms with van der Waals surface area (Å²) in [6.45, 7) is -1.07. The minimum atomic E-state index is -4.46. The zero-order valence-corrected chi connectivity index (χ0v) is 21.6. The lowest BCUT2D eigenvalue weighted by Crippen LogP contribution is -2.32. The molecule has 0 aliphatic carbocycles. The summed E-state index contributed by atoms with van der Waals surface area (Å²) in [5.41, 5.74) is 1.83. The highest BCUT2D eigenvalue weighted by Crippen LogP contribution is 2.31. The van der Waals surface area contributed by atoms with Crippen molar-refractivity contribution in [3.63, 3.8) is 0 Å². The lowest BCUT2D eigenvalue weighted by molar-refractivity contribution is -0.140. The third-order valence-corrected chi connectivity index (χ3v) is 8.92. The summed E-state index contributed by atoms with van der Waals surface area (Å²) >= 11 is 0. The van der Waals surface area contributed by atoms with Gasteiger partial charge in [0.25, 0.3) is 0 Å². The Morgan fingerprint density at radius 2 is 1.76 bits per heavy atom. The summed E-state index contributed by atoms with van der Waals surface area (Å²) in [7, 11) is -6.35. The summed E-state index contributed by atoms with van der Waals surface area (Å²) < 4.78 is 87.9. The van der Waals surface area contributed by atoms with Gasteiger partial charge < -0.3 is 15.2 Å². The molecule has 0 unspecified atom stereocenters. The van der Waals surface area contributed by atoms with Crippen molar-refractivity contribution in [2.24, 2.45) is 0 Å². The molecule has 0 bridgehead atoms. The molecule has 3 aromatic rings. The average molecular weight is 554 g/mol. The Morgan fingerprint density at radius 1 is 1.08 bits per heavy atom. The third kappa shape index (κ3) is 6.99. The van der Waals surface area contributed by atoms with E-state index in [2.05, 4.69) is 22.5 Å². The van der Waals surface area contributed by atoms with Crippen LogP contribution in [0.5, 0.6) is 0 Å². The van der Waals surface area contributed by atoms with Gasteiger partial charge in [-0.3, -0.25) is 0 Å². The molecule has 7 nitrogen and oxygen atoms in total. The summed E-state index contributed by atoms with van der Waals surface area (Å²) in [4.78, 5) is 0.181. The molecule has 37 heavy (non-hydrogen) atoms. The maximum Gasteiger partial charge on any atom is 0.406 e. The molecular weight excluding hydrogens is 527 g/mol. The highest BCUT2D eigenvalue weighted by Gasteiger charge is 2.30. The molecular formula is C25H26F3N3O4S2. The number of sulfone groups is 2. The Bertz CT molecular complexity index is 1550. The van der Waals surface area contributed by atoms with Crippen molar-refractivity contribution in [2.45, 2.75) is 36.5 Å². The first kappa shape index (κ1) is 26.9. The van der Waals surface area contributed by atoms with Crippen LogP contribution in [-0.2, 0) is 26.2 Å². The Morgan fingerprint density at radius 3 is 2.38 bits per heavy atom. The number of nitrogens with one attached hydrogen (secondary N) is 2. The van der Waals surface area contributed by atoms with E-state index in [1.54, 1.807) is 36.4 Å². The van der Waals surface area contributed by atoms with E-state index in [1.165, 1.54) is 12.1 Å². The molecule has 1 saturated heterocycles. The normalized spacial score (nSPS) is 16.2. The molecule has 1 aromatic heterocycles. The number of rotatable bonds is 6. The largest absolute Gasteiger partial charge is 0.406 e. The Balaban J connectivity index is 1.57. The van der Waals surface area contributed by atoms with Gasteiger partial charge in [-0.15, -0.1) is 0 Å². The molecule has 4 rings (SSSR count). The molecule has 2 aromatic carbocycles. The van der Waals surface area contributed by atoms with E-state index in [4.69, 9.17) is 0 Å². The van der Waals surface area contributed by atoms with Gasteiger partial charge in [-0.2, -0.15) is 13.2 Å². The number of nitrogens with zero attached hydrogens (tertiary/aromatic N) is 1. The standard InChI is InChI=1S/C25H26F3N3O4S2/c1-36(32,33)21-9-7-18(8-10-21)29-13-3-4-20-16-22-23(30-19-11-14-37(34,35)15-12-19)5-2-6-24(22)31(20)17-25(26,27)28/h2,5-10,16,19,29-30H,11-15,17H2,1H3. The Labute approximate surface area is 213 Å². The topological polar surface area (TPSA) is 97.3 Å². The van der Waals surface area contributed by atoms with Crippen LogP contribution in [0, 0.1) is 11.8 Å². The van der Waals surface area contributed by atoms with E-state index in [1.807, 2.05) is 0 Å². The summed E-state index contributed by atoms with van der Waals surface area (Å²) in [6.07, 6.45) is -2.47. The minimum absolute atomic E-state index is 0.0798. The number of hydrogen-bond donors (Lipinski definition) is 2. The van der Waals surface area contributed by atoms with Crippen LogP contribution in [0.15, 0.2) is 53.4 Å². The predicted molar refractivity (Wildman–Crippen MR) is 138 cm³/mol. The van der Waals surface area contributed by atoms with E-state index in [0.29, 0.717) is 35.1 Å². The zero-order chi connectivity index (χ0) is 26.8. The van der Waals surface area contributed by atoms with Gasteiger partial charge in [0.15, 0.2) is 9.84 Å². The molecule has 0 radical (unpaired) electrons. The van der Waals surface area contributed by atoms with Crippen molar-refractivity contribution >= 4 is 42.0 Å². The van der Waals surface area contributed by atoms with Crippen molar-refractivity contribution in [1.82, 2.24) is 4.57 Å². The van der Waals surface area contributed by atoms with E-state index in [0.717, 1.165) is 10.8 Å². The van der Waals surface area contributed by atoms with Crippen molar-refractivity contribution in [1.29, 1.82) is 0 Å². The van der Waals surface area contributed by atoms with E-state index in [-0.39, 0.29) is 34.7 Å². The van der Waals surface area contributed by atoms with Crippen molar-refractivity contribution in [3.05, 3.63) is 54.2 Å². The number of anilines is 2. The Hall–Kier alpha value is -3.17. The van der Waals surface area contributed by atoms with E-state index in [9.17, 15) is 30.0 Å². The lowest BCUT2D eigenvalue weighted by atomic mass is 10.1. The van der Waals surface area contributed by atoms with Crippen LogP contribution < -0.4 is 10.6 Å². The monoisotopic (exact) mass is 553 g/mol. The molecule has 1 aliphatic rings. The van der Waals surface area contributed by atoms with Crippen LogP contribution in [0.1, 0.15) is 18.5 Å². The third-order valence-electron chi connectivity index (χ3n) is 6.08. The SMILES string of the molecule is CS(=O)(=O)c1ccc(NCC#Cc2cc3c(NC4CCS(=O)(=O)CC4)cccc3n2CC(F)(F)F)cc1. The molecule has 12 heteroatoms.